The molecule has 29 heavy (non-hydrogen) atoms. The minimum Gasteiger partial charge on any atom is -0.457 e. The second kappa shape index (κ2) is 7.71. The molecule has 0 spiro atoms. The molecule has 0 unspecified atom stereocenters. The summed E-state index contributed by atoms with van der Waals surface area (Å²) in [5, 5.41) is 1.31. The number of hydrogen-bond donors (Lipinski definition) is 2. The van der Waals surface area contributed by atoms with Gasteiger partial charge in [0, 0.05) is 28.6 Å². The van der Waals surface area contributed by atoms with Crippen LogP contribution in [0.2, 0.25) is 0 Å². The maximum atomic E-state index is 12.6. The number of Topliss-reactive ketones (excluding diaryl/α,β-unsaturated/α-hetero) is 1. The molecule has 0 aliphatic heterocycles. The summed E-state index contributed by atoms with van der Waals surface area (Å²) in [6.45, 7) is 1.49. The van der Waals surface area contributed by atoms with Crippen LogP contribution in [0.4, 0.5) is 0 Å². The average molecular weight is 389 g/mol. The van der Waals surface area contributed by atoms with Crippen molar-refractivity contribution < 1.29 is 14.3 Å². The Bertz CT molecular complexity index is 1290. The Balaban J connectivity index is 1.38. The van der Waals surface area contributed by atoms with Gasteiger partial charge >= 0.3 is 5.97 Å². The second-order valence-corrected chi connectivity index (χ2v) is 6.78. The predicted octanol–water partition coefficient (Wildman–Crippen LogP) is 3.07. The number of carbonyl (C=O) groups excluding carboxylic acids is 2. The lowest BCUT2D eigenvalue weighted by Gasteiger charge is -2.05. The number of para-hydroxylation sites is 2. The molecule has 4 rings (SSSR count). The van der Waals surface area contributed by atoms with Crippen LogP contribution in [-0.4, -0.2) is 33.3 Å². The number of H-pyrrole nitrogens is 2. The van der Waals surface area contributed by atoms with E-state index in [9.17, 15) is 14.4 Å². The molecule has 0 saturated carbocycles. The molecule has 0 aliphatic rings. The van der Waals surface area contributed by atoms with Gasteiger partial charge in [-0.2, -0.15) is 0 Å². The highest BCUT2D eigenvalue weighted by atomic mass is 16.5. The van der Waals surface area contributed by atoms with E-state index >= 15 is 0 Å². The number of nitrogens with zero attached hydrogens (tertiary/aromatic N) is 1. The molecule has 2 N–H and O–H groups in total. The van der Waals surface area contributed by atoms with Gasteiger partial charge in [-0.15, -0.1) is 0 Å². The molecule has 0 fully saturated rings. The van der Waals surface area contributed by atoms with Gasteiger partial charge in [0.1, 0.15) is 5.82 Å². The number of rotatable bonds is 6. The van der Waals surface area contributed by atoms with Crippen LogP contribution < -0.4 is 5.56 Å². The van der Waals surface area contributed by atoms with Crippen molar-refractivity contribution in [1.29, 1.82) is 0 Å². The van der Waals surface area contributed by atoms with Crippen molar-refractivity contribution in [3.63, 3.8) is 0 Å². The van der Waals surface area contributed by atoms with Gasteiger partial charge in [-0.25, -0.2) is 4.98 Å². The highest BCUT2D eigenvalue weighted by molar-refractivity contribution is 6.10. The molecule has 0 radical (unpaired) electrons. The zero-order valence-electron chi connectivity index (χ0n) is 15.8. The van der Waals surface area contributed by atoms with Gasteiger partial charge in [0.25, 0.3) is 5.56 Å². The van der Waals surface area contributed by atoms with Crippen LogP contribution in [0, 0.1) is 6.92 Å². The molecule has 0 amide bonds. The maximum absolute atomic E-state index is 12.6. The molecule has 2 heterocycles. The Kier molecular flexibility index (Phi) is 4.95. The van der Waals surface area contributed by atoms with Crippen molar-refractivity contribution in [2.45, 2.75) is 19.8 Å². The maximum Gasteiger partial charge on any atom is 0.306 e. The van der Waals surface area contributed by atoms with E-state index in [1.165, 1.54) is 0 Å². The van der Waals surface area contributed by atoms with Crippen molar-refractivity contribution in [3.8, 4) is 0 Å². The van der Waals surface area contributed by atoms with Crippen LogP contribution >= 0.6 is 0 Å². The minimum absolute atomic E-state index is 0.0153. The first-order valence-electron chi connectivity index (χ1n) is 9.27. The van der Waals surface area contributed by atoms with Crippen molar-refractivity contribution in [2.75, 3.05) is 6.61 Å². The summed E-state index contributed by atoms with van der Waals surface area (Å²) in [5.41, 5.74) is 2.47. The van der Waals surface area contributed by atoms with Gasteiger partial charge in [-0.3, -0.25) is 14.4 Å². The summed E-state index contributed by atoms with van der Waals surface area (Å²) in [7, 11) is 0. The first-order chi connectivity index (χ1) is 14.0. The molecule has 2 aromatic heterocycles. The van der Waals surface area contributed by atoms with Gasteiger partial charge in [-0.05, 0) is 25.1 Å². The molecule has 7 heteroatoms. The van der Waals surface area contributed by atoms with Crippen LogP contribution in [0.15, 0.2) is 53.3 Å². The van der Waals surface area contributed by atoms with Crippen LogP contribution in [0.3, 0.4) is 0 Å². The summed E-state index contributed by atoms with van der Waals surface area (Å²) in [5.74, 6) is -0.373. The number of fused-ring (bicyclic) bond motifs is 2. The molecule has 7 nitrogen and oxygen atoms in total. The van der Waals surface area contributed by atoms with E-state index in [2.05, 4.69) is 15.0 Å². The number of ether oxygens (including phenoxy) is 1. The topological polar surface area (TPSA) is 105 Å². The van der Waals surface area contributed by atoms with Crippen LogP contribution in [-0.2, 0) is 16.0 Å². The second-order valence-electron chi connectivity index (χ2n) is 6.78. The first kappa shape index (κ1) is 18.6. The fourth-order valence-electron chi connectivity index (χ4n) is 3.40. The van der Waals surface area contributed by atoms with Crippen LogP contribution in [0.25, 0.3) is 21.8 Å². The largest absolute Gasteiger partial charge is 0.457 e. The number of carbonyl (C=O) groups is 2. The van der Waals surface area contributed by atoms with E-state index in [-0.39, 0.29) is 30.8 Å². The van der Waals surface area contributed by atoms with Crippen molar-refractivity contribution in [1.82, 2.24) is 15.0 Å². The number of hydrogen-bond acceptors (Lipinski definition) is 5. The van der Waals surface area contributed by atoms with E-state index in [1.54, 1.807) is 24.3 Å². The molecule has 0 atom stereocenters. The molecular weight excluding hydrogens is 370 g/mol. The molecule has 0 bridgehead atoms. The number of aromatic nitrogens is 3. The van der Waals surface area contributed by atoms with E-state index in [1.807, 2.05) is 31.2 Å². The highest BCUT2D eigenvalue weighted by Crippen LogP contribution is 2.22. The van der Waals surface area contributed by atoms with E-state index in [4.69, 9.17) is 4.74 Å². The van der Waals surface area contributed by atoms with E-state index in [0.29, 0.717) is 22.3 Å². The van der Waals surface area contributed by atoms with Crippen molar-refractivity contribution in [3.05, 3.63) is 76.0 Å². The van der Waals surface area contributed by atoms with Gasteiger partial charge in [-0.1, -0.05) is 30.3 Å². The Labute approximate surface area is 165 Å². The van der Waals surface area contributed by atoms with Gasteiger partial charge in [0.05, 0.1) is 17.3 Å². The number of benzene rings is 2. The summed E-state index contributed by atoms with van der Waals surface area (Å²) in [6, 6.07) is 14.5. The molecule has 4 aromatic rings. The lowest BCUT2D eigenvalue weighted by atomic mass is 10.1. The third-order valence-electron chi connectivity index (χ3n) is 4.76. The third-order valence-corrected chi connectivity index (χ3v) is 4.76. The molecule has 0 saturated heterocycles. The molecular formula is C22H19N3O4. The minimum atomic E-state index is -0.522. The Morgan fingerprint density at radius 3 is 2.55 bits per heavy atom. The fraction of sp³-hybridized carbons (Fsp3) is 0.182. The molecule has 0 aliphatic carbocycles. The predicted molar refractivity (Wildman–Crippen MR) is 109 cm³/mol. The fourth-order valence-corrected chi connectivity index (χ4v) is 3.40. The van der Waals surface area contributed by atoms with Crippen LogP contribution in [0.5, 0.6) is 0 Å². The summed E-state index contributed by atoms with van der Waals surface area (Å²) < 4.78 is 5.15. The van der Waals surface area contributed by atoms with Gasteiger partial charge in [0.15, 0.2) is 6.61 Å². The normalized spacial score (nSPS) is 11.1. The highest BCUT2D eigenvalue weighted by Gasteiger charge is 2.17. The smallest absolute Gasteiger partial charge is 0.306 e. The number of ketones is 1. The number of esters is 1. The van der Waals surface area contributed by atoms with E-state index in [0.717, 1.165) is 16.6 Å². The number of nitrogens with one attached hydrogen (secondary N) is 2. The lowest BCUT2D eigenvalue weighted by Crippen LogP contribution is -2.17. The number of aromatic amines is 2. The van der Waals surface area contributed by atoms with E-state index < -0.39 is 5.97 Å². The van der Waals surface area contributed by atoms with Gasteiger partial charge in [0.2, 0.25) is 5.78 Å². The van der Waals surface area contributed by atoms with Crippen molar-refractivity contribution in [2.24, 2.45) is 0 Å². The summed E-state index contributed by atoms with van der Waals surface area (Å²) in [4.78, 5) is 46.9. The Morgan fingerprint density at radius 1 is 1.00 bits per heavy atom. The lowest BCUT2D eigenvalue weighted by molar-refractivity contribution is -0.142. The van der Waals surface area contributed by atoms with Gasteiger partial charge < -0.3 is 14.7 Å². The van der Waals surface area contributed by atoms with Crippen molar-refractivity contribution >= 4 is 33.6 Å². The number of aryl methyl sites for hydroxylation is 2. The monoisotopic (exact) mass is 389 g/mol. The summed E-state index contributed by atoms with van der Waals surface area (Å²) in [6.07, 6.45) is 0.237. The SMILES string of the molecule is Cc1[nH]c2ccccc2c1C(=O)COC(=O)CCc1nc2ccccc2c(=O)[nH]1. The average Bonchev–Trinajstić information content (AvgIpc) is 3.06. The standard InChI is InChI=1S/C22H19N3O4/c1-13-21(14-6-2-4-8-16(14)23-13)18(26)12-29-20(27)11-10-19-24-17-9-5-3-7-15(17)22(28)25-19/h2-9,23H,10-12H2,1H3,(H,24,25,28). The third kappa shape index (κ3) is 3.80. The zero-order chi connectivity index (χ0) is 20.4. The zero-order valence-corrected chi connectivity index (χ0v) is 15.8. The Morgan fingerprint density at radius 2 is 1.72 bits per heavy atom. The van der Waals surface area contributed by atoms with Crippen LogP contribution in [0.1, 0.15) is 28.3 Å². The quantitative estimate of drug-likeness (QED) is 0.389. The molecule has 146 valence electrons. The molecule has 2 aromatic carbocycles. The first-order valence-corrected chi connectivity index (χ1v) is 9.27. The Hall–Kier alpha value is -3.74. The summed E-state index contributed by atoms with van der Waals surface area (Å²) >= 11 is 0.